The number of carbonyl (C=O) groups is 1. The van der Waals surface area contributed by atoms with Crippen LogP contribution in [0.25, 0.3) is 0 Å². The van der Waals surface area contributed by atoms with Crippen molar-refractivity contribution in [1.29, 1.82) is 0 Å². The molecule has 0 spiro atoms. The quantitative estimate of drug-likeness (QED) is 0.776. The number of hydrogen-bond donors (Lipinski definition) is 1. The molecule has 2 rings (SSSR count). The van der Waals surface area contributed by atoms with Crippen LogP contribution in [0.15, 0.2) is 52.0 Å². The lowest BCUT2D eigenvalue weighted by Crippen LogP contribution is -2.14. The van der Waals surface area contributed by atoms with Crippen molar-refractivity contribution in [2.45, 2.75) is 11.1 Å². The molecule has 1 amide bonds. The first kappa shape index (κ1) is 16.8. The number of benzene rings is 1. The standard InChI is InChI=1S/C14H10BrF3N2OS/c15-10-4-5-12(19-7-10)20-13(21)8-22-11-3-1-2-9(6-11)14(16,17)18/h1-7H,8H2,(H,19,20,21). The van der Waals surface area contributed by atoms with E-state index < -0.39 is 11.7 Å². The number of carbonyl (C=O) groups excluding carboxylic acids is 1. The summed E-state index contributed by atoms with van der Waals surface area (Å²) in [6, 6.07) is 8.22. The summed E-state index contributed by atoms with van der Waals surface area (Å²) in [7, 11) is 0. The zero-order valence-corrected chi connectivity index (χ0v) is 13.4. The molecule has 0 aliphatic heterocycles. The summed E-state index contributed by atoms with van der Waals surface area (Å²) in [6.07, 6.45) is -2.85. The van der Waals surface area contributed by atoms with Gasteiger partial charge in [-0.25, -0.2) is 4.98 Å². The smallest absolute Gasteiger partial charge is 0.310 e. The Kier molecular flexibility index (Phi) is 5.47. The molecule has 8 heteroatoms. The van der Waals surface area contributed by atoms with Gasteiger partial charge in [0, 0.05) is 15.6 Å². The molecule has 0 fully saturated rings. The van der Waals surface area contributed by atoms with E-state index in [1.54, 1.807) is 12.1 Å². The molecule has 1 aromatic heterocycles. The van der Waals surface area contributed by atoms with E-state index in [2.05, 4.69) is 26.2 Å². The molecule has 3 nitrogen and oxygen atoms in total. The van der Waals surface area contributed by atoms with Gasteiger partial charge in [-0.3, -0.25) is 4.79 Å². The molecule has 22 heavy (non-hydrogen) atoms. The fraction of sp³-hybridized carbons (Fsp3) is 0.143. The number of aromatic nitrogens is 1. The molecule has 0 aliphatic rings. The number of amides is 1. The molecule has 0 bridgehead atoms. The minimum atomic E-state index is -4.39. The number of pyridine rings is 1. The van der Waals surface area contributed by atoms with Crippen LogP contribution in [0.3, 0.4) is 0 Å². The number of alkyl halides is 3. The lowest BCUT2D eigenvalue weighted by atomic mass is 10.2. The van der Waals surface area contributed by atoms with Crippen molar-refractivity contribution < 1.29 is 18.0 Å². The van der Waals surface area contributed by atoms with E-state index >= 15 is 0 Å². The minimum Gasteiger partial charge on any atom is -0.310 e. The second-order valence-electron chi connectivity index (χ2n) is 4.22. The van der Waals surface area contributed by atoms with Gasteiger partial charge >= 0.3 is 6.18 Å². The summed E-state index contributed by atoms with van der Waals surface area (Å²) in [6.45, 7) is 0. The van der Waals surface area contributed by atoms with Crippen molar-refractivity contribution in [1.82, 2.24) is 4.98 Å². The summed E-state index contributed by atoms with van der Waals surface area (Å²) in [5, 5.41) is 2.57. The third-order valence-electron chi connectivity index (χ3n) is 2.53. The van der Waals surface area contributed by atoms with Gasteiger partial charge in [-0.05, 0) is 46.3 Å². The Labute approximate surface area is 137 Å². The molecule has 0 radical (unpaired) electrons. The number of nitrogens with zero attached hydrogens (tertiary/aromatic N) is 1. The molecule has 116 valence electrons. The van der Waals surface area contributed by atoms with Crippen LogP contribution in [0.4, 0.5) is 19.0 Å². The van der Waals surface area contributed by atoms with Gasteiger partial charge in [-0.1, -0.05) is 6.07 Å². The molecule has 1 N–H and O–H groups in total. The largest absolute Gasteiger partial charge is 0.416 e. The Bertz CT molecular complexity index is 662. The second-order valence-corrected chi connectivity index (χ2v) is 6.19. The van der Waals surface area contributed by atoms with Crippen LogP contribution in [-0.4, -0.2) is 16.6 Å². The van der Waals surface area contributed by atoms with E-state index in [1.165, 1.54) is 18.3 Å². The lowest BCUT2D eigenvalue weighted by Gasteiger charge is -2.08. The number of halogens is 4. The van der Waals surface area contributed by atoms with Gasteiger partial charge in [0.25, 0.3) is 0 Å². The number of hydrogen-bond acceptors (Lipinski definition) is 3. The van der Waals surface area contributed by atoms with Gasteiger partial charge in [0.2, 0.25) is 5.91 Å². The molecule has 1 aromatic carbocycles. The molecule has 0 atom stereocenters. The number of thioether (sulfide) groups is 1. The van der Waals surface area contributed by atoms with E-state index in [9.17, 15) is 18.0 Å². The number of anilines is 1. The van der Waals surface area contributed by atoms with Gasteiger partial charge in [0.05, 0.1) is 11.3 Å². The lowest BCUT2D eigenvalue weighted by molar-refractivity contribution is -0.137. The summed E-state index contributed by atoms with van der Waals surface area (Å²) in [4.78, 5) is 16.1. The maximum atomic E-state index is 12.6. The van der Waals surface area contributed by atoms with Crippen LogP contribution in [0.5, 0.6) is 0 Å². The Morgan fingerprint density at radius 2 is 2.05 bits per heavy atom. The first-order valence-electron chi connectivity index (χ1n) is 6.06. The Hall–Kier alpha value is -1.54. The van der Waals surface area contributed by atoms with Crippen molar-refractivity contribution in [3.63, 3.8) is 0 Å². The molecular weight excluding hydrogens is 381 g/mol. The zero-order chi connectivity index (χ0) is 16.2. The SMILES string of the molecule is O=C(CSc1cccc(C(F)(F)F)c1)Nc1ccc(Br)cn1. The van der Waals surface area contributed by atoms with Crippen molar-refractivity contribution in [2.24, 2.45) is 0 Å². The van der Waals surface area contributed by atoms with Crippen LogP contribution < -0.4 is 5.32 Å². The highest BCUT2D eigenvalue weighted by molar-refractivity contribution is 9.10. The molecule has 0 saturated heterocycles. The maximum absolute atomic E-state index is 12.6. The normalized spacial score (nSPS) is 11.3. The van der Waals surface area contributed by atoms with Crippen LogP contribution in [0.1, 0.15) is 5.56 Å². The summed E-state index contributed by atoms with van der Waals surface area (Å²) < 4.78 is 38.5. The summed E-state index contributed by atoms with van der Waals surface area (Å²) >= 11 is 4.26. The van der Waals surface area contributed by atoms with Crippen LogP contribution in [0.2, 0.25) is 0 Å². The van der Waals surface area contributed by atoms with Crippen LogP contribution in [0, 0.1) is 0 Å². The molecule has 1 heterocycles. The Morgan fingerprint density at radius 1 is 1.27 bits per heavy atom. The molecule has 2 aromatic rings. The Morgan fingerprint density at radius 3 is 2.68 bits per heavy atom. The van der Waals surface area contributed by atoms with Gasteiger partial charge in [-0.15, -0.1) is 11.8 Å². The van der Waals surface area contributed by atoms with E-state index in [0.29, 0.717) is 10.7 Å². The maximum Gasteiger partial charge on any atom is 0.416 e. The monoisotopic (exact) mass is 390 g/mol. The molecular formula is C14H10BrF3N2OS. The fourth-order valence-corrected chi connectivity index (χ4v) is 2.53. The van der Waals surface area contributed by atoms with E-state index in [1.807, 2.05) is 0 Å². The third kappa shape index (κ3) is 5.03. The average Bonchev–Trinajstić information content (AvgIpc) is 2.47. The van der Waals surface area contributed by atoms with Crippen molar-refractivity contribution >= 4 is 39.4 Å². The van der Waals surface area contributed by atoms with Crippen LogP contribution >= 0.6 is 27.7 Å². The zero-order valence-electron chi connectivity index (χ0n) is 11.0. The van der Waals surface area contributed by atoms with E-state index in [-0.39, 0.29) is 11.7 Å². The van der Waals surface area contributed by atoms with E-state index in [0.717, 1.165) is 28.4 Å². The van der Waals surface area contributed by atoms with Crippen molar-refractivity contribution in [2.75, 3.05) is 11.1 Å². The van der Waals surface area contributed by atoms with Gasteiger partial charge in [0.15, 0.2) is 0 Å². The first-order chi connectivity index (χ1) is 10.3. The predicted octanol–water partition coefficient (Wildman–Crippen LogP) is 4.59. The average molecular weight is 391 g/mol. The predicted molar refractivity (Wildman–Crippen MR) is 82.7 cm³/mol. The van der Waals surface area contributed by atoms with Gasteiger partial charge < -0.3 is 5.32 Å². The van der Waals surface area contributed by atoms with E-state index in [4.69, 9.17) is 0 Å². The fourth-order valence-electron chi connectivity index (χ4n) is 1.54. The summed E-state index contributed by atoms with van der Waals surface area (Å²) in [5.74, 6) is 0.0501. The second kappa shape index (κ2) is 7.15. The highest BCUT2D eigenvalue weighted by Crippen LogP contribution is 2.31. The van der Waals surface area contributed by atoms with Gasteiger partial charge in [-0.2, -0.15) is 13.2 Å². The Balaban J connectivity index is 1.92. The molecule has 0 aliphatic carbocycles. The minimum absolute atomic E-state index is 0.000938. The molecule has 0 saturated carbocycles. The van der Waals surface area contributed by atoms with Crippen LogP contribution in [-0.2, 0) is 11.0 Å². The van der Waals surface area contributed by atoms with Crippen molar-refractivity contribution in [3.05, 3.63) is 52.6 Å². The number of nitrogens with one attached hydrogen (secondary N) is 1. The van der Waals surface area contributed by atoms with Crippen molar-refractivity contribution in [3.8, 4) is 0 Å². The highest BCUT2D eigenvalue weighted by atomic mass is 79.9. The summed E-state index contributed by atoms with van der Waals surface area (Å²) in [5.41, 5.74) is -0.729. The topological polar surface area (TPSA) is 42.0 Å². The van der Waals surface area contributed by atoms with Gasteiger partial charge in [0.1, 0.15) is 5.82 Å². The third-order valence-corrected chi connectivity index (χ3v) is 3.99. The molecule has 0 unspecified atom stereocenters. The first-order valence-corrected chi connectivity index (χ1v) is 7.84. The number of rotatable bonds is 4. The highest BCUT2D eigenvalue weighted by Gasteiger charge is 2.30.